The third kappa shape index (κ3) is 2.71. The molecule has 3 aromatic rings. The minimum absolute atomic E-state index is 0.154. The number of halogens is 1. The van der Waals surface area contributed by atoms with Gasteiger partial charge in [-0.15, -0.1) is 0 Å². The summed E-state index contributed by atoms with van der Waals surface area (Å²) in [5, 5.41) is 9.38. The highest BCUT2D eigenvalue weighted by Gasteiger charge is 2.42. The molecule has 1 saturated heterocycles. The van der Waals surface area contributed by atoms with Gasteiger partial charge in [-0.1, -0.05) is 0 Å². The summed E-state index contributed by atoms with van der Waals surface area (Å²) in [5.41, 5.74) is 3.10. The standard InChI is InChI=1S/C18H15FN6O2/c19-10-3-9(6-20-7-10)11-4-12(11)13-5-15(24-25-2-1-21-16(13)25)14-8-22-18(27)23-17(14)26/h1-3,5-7,11-12,14H,4,8H2,(H2,22,23,26,27)/t11-,12+,14?/m1/s1. The SMILES string of the molecule is O=C1NCC(c2cc([C@H]3C[C@@H]3c3cncc(F)c3)c3nccn3n2)C(=O)N1. The van der Waals surface area contributed by atoms with Gasteiger partial charge in [-0.3, -0.25) is 15.1 Å². The molecule has 3 amide bonds. The fourth-order valence-electron chi connectivity index (χ4n) is 3.71. The molecule has 2 N–H and O–H groups in total. The Morgan fingerprint density at radius 3 is 2.89 bits per heavy atom. The molecule has 2 aliphatic rings. The maximum Gasteiger partial charge on any atom is 0.321 e. The Labute approximate surface area is 152 Å². The average molecular weight is 366 g/mol. The number of carbonyl (C=O) groups excluding carboxylic acids is 2. The molecule has 0 radical (unpaired) electrons. The van der Waals surface area contributed by atoms with E-state index in [0.717, 1.165) is 23.2 Å². The number of nitrogens with one attached hydrogen (secondary N) is 2. The van der Waals surface area contributed by atoms with Gasteiger partial charge in [-0.05, 0) is 36.0 Å². The summed E-state index contributed by atoms with van der Waals surface area (Å²) in [6.07, 6.45) is 7.10. The third-order valence-corrected chi connectivity index (χ3v) is 5.13. The normalized spacial score (nSPS) is 24.6. The maximum atomic E-state index is 13.5. The minimum Gasteiger partial charge on any atom is -0.337 e. The van der Waals surface area contributed by atoms with E-state index in [2.05, 4.69) is 25.7 Å². The molecule has 9 heteroatoms. The Kier molecular flexibility index (Phi) is 3.43. The number of amides is 3. The van der Waals surface area contributed by atoms with Gasteiger partial charge < -0.3 is 5.32 Å². The second-order valence-corrected chi connectivity index (χ2v) is 6.86. The highest BCUT2D eigenvalue weighted by atomic mass is 19.1. The lowest BCUT2D eigenvalue weighted by Crippen LogP contribution is -2.51. The number of hydrogen-bond acceptors (Lipinski definition) is 5. The largest absolute Gasteiger partial charge is 0.337 e. The summed E-state index contributed by atoms with van der Waals surface area (Å²) < 4.78 is 15.1. The lowest BCUT2D eigenvalue weighted by Gasteiger charge is -2.22. The average Bonchev–Trinajstić information content (AvgIpc) is 3.30. The number of urea groups is 1. The second kappa shape index (κ2) is 5.83. The Hall–Kier alpha value is -3.36. The Bertz CT molecular complexity index is 1080. The number of pyridine rings is 1. The summed E-state index contributed by atoms with van der Waals surface area (Å²) in [4.78, 5) is 31.8. The predicted molar refractivity (Wildman–Crippen MR) is 91.6 cm³/mol. The number of carbonyl (C=O) groups is 2. The van der Waals surface area contributed by atoms with Gasteiger partial charge >= 0.3 is 6.03 Å². The van der Waals surface area contributed by atoms with E-state index < -0.39 is 11.9 Å². The number of aromatic nitrogens is 4. The van der Waals surface area contributed by atoms with E-state index >= 15 is 0 Å². The van der Waals surface area contributed by atoms with Gasteiger partial charge in [0.15, 0.2) is 5.65 Å². The fourth-order valence-corrected chi connectivity index (χ4v) is 3.71. The van der Waals surface area contributed by atoms with E-state index in [4.69, 9.17) is 0 Å². The monoisotopic (exact) mass is 366 g/mol. The van der Waals surface area contributed by atoms with Crippen LogP contribution in [0.25, 0.3) is 5.65 Å². The molecule has 8 nitrogen and oxygen atoms in total. The van der Waals surface area contributed by atoms with Crippen molar-refractivity contribution in [3.8, 4) is 0 Å². The van der Waals surface area contributed by atoms with Gasteiger partial charge in [-0.25, -0.2) is 18.7 Å². The van der Waals surface area contributed by atoms with Crippen LogP contribution in [0.2, 0.25) is 0 Å². The van der Waals surface area contributed by atoms with Gasteiger partial charge in [0.05, 0.1) is 17.8 Å². The van der Waals surface area contributed by atoms with Crippen LogP contribution in [0.4, 0.5) is 9.18 Å². The van der Waals surface area contributed by atoms with Crippen LogP contribution in [0.15, 0.2) is 36.9 Å². The molecule has 3 aromatic heterocycles. The number of nitrogens with zero attached hydrogens (tertiary/aromatic N) is 4. The molecule has 0 spiro atoms. The van der Waals surface area contributed by atoms with Crippen molar-refractivity contribution in [2.24, 2.45) is 0 Å². The number of imide groups is 1. The fraction of sp³-hybridized carbons (Fsp3) is 0.278. The van der Waals surface area contributed by atoms with Gasteiger partial charge in [0.1, 0.15) is 5.82 Å². The van der Waals surface area contributed by atoms with Crippen LogP contribution in [0, 0.1) is 5.82 Å². The quantitative estimate of drug-likeness (QED) is 0.731. The third-order valence-electron chi connectivity index (χ3n) is 5.13. The van der Waals surface area contributed by atoms with Crippen molar-refractivity contribution in [1.82, 2.24) is 30.2 Å². The van der Waals surface area contributed by atoms with Crippen LogP contribution in [0.3, 0.4) is 0 Å². The predicted octanol–water partition coefficient (Wildman–Crippen LogP) is 1.46. The molecule has 1 unspecified atom stereocenters. The molecule has 1 saturated carbocycles. The minimum atomic E-state index is -0.568. The number of rotatable bonds is 3. The van der Waals surface area contributed by atoms with E-state index in [1.54, 1.807) is 23.1 Å². The van der Waals surface area contributed by atoms with E-state index in [1.165, 1.54) is 12.3 Å². The molecule has 136 valence electrons. The topological polar surface area (TPSA) is 101 Å². The van der Waals surface area contributed by atoms with E-state index in [-0.39, 0.29) is 30.1 Å². The van der Waals surface area contributed by atoms with Crippen LogP contribution in [-0.4, -0.2) is 38.1 Å². The van der Waals surface area contributed by atoms with Crippen LogP contribution in [-0.2, 0) is 4.79 Å². The van der Waals surface area contributed by atoms with Gasteiger partial charge in [0.2, 0.25) is 5.91 Å². The number of hydrogen-bond donors (Lipinski definition) is 2. The Balaban J connectivity index is 1.52. The molecule has 5 rings (SSSR count). The van der Waals surface area contributed by atoms with Gasteiger partial charge in [-0.2, -0.15) is 5.10 Å². The van der Waals surface area contributed by atoms with Crippen molar-refractivity contribution < 1.29 is 14.0 Å². The molecule has 3 atom stereocenters. The highest BCUT2D eigenvalue weighted by molar-refractivity contribution is 6.00. The lowest BCUT2D eigenvalue weighted by atomic mass is 9.99. The zero-order valence-electron chi connectivity index (χ0n) is 14.1. The molecule has 0 aromatic carbocycles. The molecular weight excluding hydrogens is 351 g/mol. The summed E-state index contributed by atoms with van der Waals surface area (Å²) in [6, 6.07) is 2.88. The smallest absolute Gasteiger partial charge is 0.321 e. The lowest BCUT2D eigenvalue weighted by molar-refractivity contribution is -0.122. The first-order valence-corrected chi connectivity index (χ1v) is 8.63. The molecule has 2 fully saturated rings. The molecule has 1 aliphatic carbocycles. The summed E-state index contributed by atoms with van der Waals surface area (Å²) in [7, 11) is 0. The van der Waals surface area contributed by atoms with Crippen molar-refractivity contribution in [3.63, 3.8) is 0 Å². The zero-order chi connectivity index (χ0) is 18.5. The molecule has 1 aliphatic heterocycles. The van der Waals surface area contributed by atoms with Crippen LogP contribution in [0.5, 0.6) is 0 Å². The van der Waals surface area contributed by atoms with Crippen molar-refractivity contribution in [2.75, 3.05) is 6.54 Å². The Morgan fingerprint density at radius 2 is 2.07 bits per heavy atom. The summed E-state index contributed by atoms with van der Waals surface area (Å²) in [6.45, 7) is 0.194. The highest BCUT2D eigenvalue weighted by Crippen LogP contribution is 2.55. The van der Waals surface area contributed by atoms with Crippen molar-refractivity contribution >= 4 is 17.6 Å². The molecule has 4 heterocycles. The van der Waals surface area contributed by atoms with E-state index in [1.807, 2.05) is 6.07 Å². The first-order chi connectivity index (χ1) is 13.1. The van der Waals surface area contributed by atoms with Crippen molar-refractivity contribution in [3.05, 3.63) is 59.6 Å². The van der Waals surface area contributed by atoms with Crippen LogP contribution >= 0.6 is 0 Å². The van der Waals surface area contributed by atoms with Crippen molar-refractivity contribution in [1.29, 1.82) is 0 Å². The molecule has 27 heavy (non-hydrogen) atoms. The van der Waals surface area contributed by atoms with Gasteiger partial charge in [0.25, 0.3) is 0 Å². The molecule has 0 bridgehead atoms. The van der Waals surface area contributed by atoms with Crippen LogP contribution in [0.1, 0.15) is 41.0 Å². The first kappa shape index (κ1) is 15.9. The second-order valence-electron chi connectivity index (χ2n) is 6.86. The van der Waals surface area contributed by atoms with E-state index in [9.17, 15) is 14.0 Å². The van der Waals surface area contributed by atoms with E-state index in [0.29, 0.717) is 5.69 Å². The zero-order valence-corrected chi connectivity index (χ0v) is 14.1. The van der Waals surface area contributed by atoms with Crippen LogP contribution < -0.4 is 10.6 Å². The molecular formula is C18H15FN6O2. The summed E-state index contributed by atoms with van der Waals surface area (Å²) in [5.74, 6) is -0.987. The summed E-state index contributed by atoms with van der Waals surface area (Å²) >= 11 is 0. The van der Waals surface area contributed by atoms with Crippen molar-refractivity contribution in [2.45, 2.75) is 24.2 Å². The Morgan fingerprint density at radius 1 is 1.19 bits per heavy atom. The van der Waals surface area contributed by atoms with Gasteiger partial charge in [0, 0.05) is 30.7 Å². The first-order valence-electron chi connectivity index (χ1n) is 8.63. The number of imidazole rings is 1. The maximum absolute atomic E-state index is 13.5. The number of fused-ring (bicyclic) bond motifs is 1.